The minimum Gasteiger partial charge on any atom is -0.503 e. The summed E-state index contributed by atoms with van der Waals surface area (Å²) >= 11 is 6.13. The first kappa shape index (κ1) is 18.1. The first-order valence-corrected chi connectivity index (χ1v) is 8.96. The van der Waals surface area contributed by atoms with Crippen LogP contribution in [0.2, 0.25) is 5.02 Å². The maximum atomic E-state index is 13.1. The molecule has 1 atom stereocenters. The summed E-state index contributed by atoms with van der Waals surface area (Å²) in [6, 6.07) is 12.6. The van der Waals surface area contributed by atoms with Crippen LogP contribution in [0.1, 0.15) is 33.7 Å². The Morgan fingerprint density at radius 1 is 1.21 bits per heavy atom. The zero-order chi connectivity index (χ0) is 19.8. The number of carbonyl (C=O) groups is 2. The predicted molar refractivity (Wildman–Crippen MR) is 101 cm³/mol. The molecule has 0 saturated carbocycles. The molecule has 4 rings (SSSR count). The summed E-state index contributed by atoms with van der Waals surface area (Å²) in [6.45, 7) is 1.80. The summed E-state index contributed by atoms with van der Waals surface area (Å²) in [5.74, 6) is -0.677. The minimum atomic E-state index is -0.825. The lowest BCUT2D eigenvalue weighted by atomic mass is 9.95. The Morgan fingerprint density at radius 2 is 2.04 bits per heavy atom. The smallest absolute Gasteiger partial charge is 0.290 e. The molecule has 6 nitrogen and oxygen atoms in total. The molecule has 0 radical (unpaired) electrons. The molecule has 1 aromatic carbocycles. The van der Waals surface area contributed by atoms with Crippen molar-refractivity contribution in [2.24, 2.45) is 0 Å². The number of furan rings is 2. The molecule has 3 heterocycles. The van der Waals surface area contributed by atoms with Crippen molar-refractivity contribution in [1.29, 1.82) is 0 Å². The van der Waals surface area contributed by atoms with Crippen molar-refractivity contribution < 1.29 is 23.5 Å². The van der Waals surface area contributed by atoms with E-state index in [9.17, 15) is 14.7 Å². The second-order valence-corrected chi connectivity index (χ2v) is 6.91. The third-order valence-electron chi connectivity index (χ3n) is 4.58. The van der Waals surface area contributed by atoms with Crippen LogP contribution in [-0.2, 0) is 11.3 Å². The summed E-state index contributed by atoms with van der Waals surface area (Å²) in [5, 5.41) is 11.0. The standard InChI is InChI=1S/C21H16ClNO5/c1-12-7-8-16(28-12)19(24)17-18(13-4-2-5-14(22)10-13)23(21(26)20(17)25)11-15-6-3-9-27-15/h2-10,18,25H,11H2,1H3. The summed E-state index contributed by atoms with van der Waals surface area (Å²) in [5.41, 5.74) is 0.552. The van der Waals surface area contributed by atoms with Crippen LogP contribution in [-0.4, -0.2) is 21.7 Å². The number of hydrogen-bond donors (Lipinski definition) is 1. The number of Topliss-reactive ketones (excluding diaryl/α,β-unsaturated/α-hetero) is 1. The Kier molecular flexibility index (Phi) is 4.57. The Labute approximate surface area is 165 Å². The number of amides is 1. The van der Waals surface area contributed by atoms with Gasteiger partial charge in [0.25, 0.3) is 5.91 Å². The van der Waals surface area contributed by atoms with Crippen LogP contribution in [0, 0.1) is 6.92 Å². The van der Waals surface area contributed by atoms with Gasteiger partial charge in [0, 0.05) is 5.02 Å². The Bertz CT molecular complexity index is 1080. The van der Waals surface area contributed by atoms with Gasteiger partial charge in [0.15, 0.2) is 11.5 Å². The number of halogens is 1. The summed E-state index contributed by atoms with van der Waals surface area (Å²) in [6.07, 6.45) is 1.50. The molecule has 7 heteroatoms. The topological polar surface area (TPSA) is 83.9 Å². The van der Waals surface area contributed by atoms with Gasteiger partial charge in [0.05, 0.1) is 24.4 Å². The van der Waals surface area contributed by atoms with E-state index in [1.54, 1.807) is 49.4 Å². The number of ketones is 1. The molecular weight excluding hydrogens is 382 g/mol. The van der Waals surface area contributed by atoms with Crippen molar-refractivity contribution in [2.75, 3.05) is 0 Å². The maximum Gasteiger partial charge on any atom is 0.290 e. The van der Waals surface area contributed by atoms with E-state index < -0.39 is 23.5 Å². The van der Waals surface area contributed by atoms with Crippen molar-refractivity contribution in [3.05, 3.63) is 94.0 Å². The van der Waals surface area contributed by atoms with E-state index >= 15 is 0 Å². The van der Waals surface area contributed by atoms with Crippen LogP contribution >= 0.6 is 11.6 Å². The van der Waals surface area contributed by atoms with Crippen LogP contribution < -0.4 is 0 Å². The Morgan fingerprint density at radius 3 is 2.68 bits per heavy atom. The van der Waals surface area contributed by atoms with Crippen LogP contribution in [0.4, 0.5) is 0 Å². The normalized spacial score (nSPS) is 16.9. The van der Waals surface area contributed by atoms with E-state index in [1.165, 1.54) is 17.2 Å². The van der Waals surface area contributed by atoms with Crippen LogP contribution in [0.3, 0.4) is 0 Å². The van der Waals surface area contributed by atoms with Gasteiger partial charge in [-0.15, -0.1) is 0 Å². The molecule has 0 aliphatic carbocycles. The number of aryl methyl sites for hydroxylation is 1. The first-order valence-electron chi connectivity index (χ1n) is 8.59. The predicted octanol–water partition coefficient (Wildman–Crippen LogP) is 4.61. The lowest BCUT2D eigenvalue weighted by Crippen LogP contribution is -2.30. The second-order valence-electron chi connectivity index (χ2n) is 6.47. The molecule has 1 amide bonds. The van der Waals surface area contributed by atoms with Gasteiger partial charge in [-0.1, -0.05) is 23.7 Å². The summed E-state index contributed by atoms with van der Waals surface area (Å²) in [7, 11) is 0. The van der Waals surface area contributed by atoms with Gasteiger partial charge in [0.1, 0.15) is 11.5 Å². The van der Waals surface area contributed by atoms with Gasteiger partial charge < -0.3 is 18.8 Å². The number of rotatable bonds is 5. The molecule has 1 aliphatic heterocycles. The SMILES string of the molecule is Cc1ccc(C(=O)C2=C(O)C(=O)N(Cc3ccco3)C2c2cccc(Cl)c2)o1. The fourth-order valence-electron chi connectivity index (χ4n) is 3.33. The lowest BCUT2D eigenvalue weighted by Gasteiger charge is -2.26. The van der Waals surface area contributed by atoms with Gasteiger partial charge >= 0.3 is 0 Å². The lowest BCUT2D eigenvalue weighted by molar-refractivity contribution is -0.130. The molecule has 0 spiro atoms. The molecule has 3 aromatic rings. The van der Waals surface area contributed by atoms with E-state index in [1.807, 2.05) is 0 Å². The van der Waals surface area contributed by atoms with E-state index in [0.29, 0.717) is 22.1 Å². The second kappa shape index (κ2) is 7.05. The Hall–Kier alpha value is -3.25. The number of aliphatic hydroxyl groups excluding tert-OH is 1. The third-order valence-corrected chi connectivity index (χ3v) is 4.82. The van der Waals surface area contributed by atoms with Crippen molar-refractivity contribution in [2.45, 2.75) is 19.5 Å². The highest BCUT2D eigenvalue weighted by atomic mass is 35.5. The largest absolute Gasteiger partial charge is 0.503 e. The highest BCUT2D eigenvalue weighted by Gasteiger charge is 2.44. The van der Waals surface area contributed by atoms with Crippen molar-refractivity contribution in [3.8, 4) is 0 Å². The zero-order valence-corrected chi connectivity index (χ0v) is 15.6. The van der Waals surface area contributed by atoms with Gasteiger partial charge in [-0.05, 0) is 48.9 Å². The molecule has 0 fully saturated rings. The van der Waals surface area contributed by atoms with Gasteiger partial charge in [-0.2, -0.15) is 0 Å². The average Bonchev–Trinajstić information content (AvgIpc) is 3.38. The minimum absolute atomic E-state index is 0.0480. The molecule has 1 aliphatic rings. The van der Waals surface area contributed by atoms with Crippen LogP contribution in [0.25, 0.3) is 0 Å². The van der Waals surface area contributed by atoms with E-state index in [0.717, 1.165) is 0 Å². The van der Waals surface area contributed by atoms with E-state index in [-0.39, 0.29) is 17.9 Å². The van der Waals surface area contributed by atoms with E-state index in [4.69, 9.17) is 20.4 Å². The van der Waals surface area contributed by atoms with Gasteiger partial charge in [-0.3, -0.25) is 9.59 Å². The number of carbonyl (C=O) groups excluding carboxylic acids is 2. The number of hydrogen-bond acceptors (Lipinski definition) is 5. The average molecular weight is 398 g/mol. The number of nitrogens with zero attached hydrogens (tertiary/aromatic N) is 1. The first-order chi connectivity index (χ1) is 13.5. The summed E-state index contributed by atoms with van der Waals surface area (Å²) < 4.78 is 10.8. The number of benzene rings is 1. The molecular formula is C21H16ClNO5. The molecule has 1 unspecified atom stereocenters. The third kappa shape index (κ3) is 3.12. The molecule has 142 valence electrons. The highest BCUT2D eigenvalue weighted by molar-refractivity contribution is 6.30. The van der Waals surface area contributed by atoms with E-state index in [2.05, 4.69) is 0 Å². The molecule has 1 N–H and O–H groups in total. The van der Waals surface area contributed by atoms with Crippen molar-refractivity contribution in [1.82, 2.24) is 4.90 Å². The molecule has 0 bridgehead atoms. The maximum absolute atomic E-state index is 13.1. The Balaban J connectivity index is 1.81. The summed E-state index contributed by atoms with van der Waals surface area (Å²) in [4.78, 5) is 27.3. The fourth-order valence-corrected chi connectivity index (χ4v) is 3.53. The highest BCUT2D eigenvalue weighted by Crippen LogP contribution is 2.40. The molecule has 0 saturated heterocycles. The fraction of sp³-hybridized carbons (Fsp3) is 0.143. The zero-order valence-electron chi connectivity index (χ0n) is 14.9. The molecule has 2 aromatic heterocycles. The quantitative estimate of drug-likeness (QED) is 0.635. The molecule has 28 heavy (non-hydrogen) atoms. The van der Waals surface area contributed by atoms with Crippen LogP contribution in [0.15, 0.2) is 75.0 Å². The van der Waals surface area contributed by atoms with Crippen LogP contribution in [0.5, 0.6) is 0 Å². The monoisotopic (exact) mass is 397 g/mol. The van der Waals surface area contributed by atoms with Crippen molar-refractivity contribution >= 4 is 23.3 Å². The number of aliphatic hydroxyl groups is 1. The van der Waals surface area contributed by atoms with Crippen molar-refractivity contribution in [3.63, 3.8) is 0 Å². The van der Waals surface area contributed by atoms with Gasteiger partial charge in [-0.25, -0.2) is 0 Å². The van der Waals surface area contributed by atoms with Gasteiger partial charge in [0.2, 0.25) is 5.78 Å².